The lowest BCUT2D eigenvalue weighted by atomic mass is 10.1. The van der Waals surface area contributed by atoms with Crippen molar-refractivity contribution in [3.05, 3.63) is 111 Å². The van der Waals surface area contributed by atoms with Crippen LogP contribution in [0.5, 0.6) is 5.75 Å². The summed E-state index contributed by atoms with van der Waals surface area (Å²) < 4.78 is 7.71. The van der Waals surface area contributed by atoms with Gasteiger partial charge in [-0.15, -0.1) is 0 Å². The van der Waals surface area contributed by atoms with Gasteiger partial charge in [0.1, 0.15) is 12.4 Å². The molecule has 0 unspecified atom stereocenters. The zero-order valence-electron chi connectivity index (χ0n) is 19.1. The number of aromatic nitrogens is 1. The van der Waals surface area contributed by atoms with Crippen LogP contribution >= 0.6 is 11.8 Å². The zero-order valence-corrected chi connectivity index (χ0v) is 19.9. The van der Waals surface area contributed by atoms with E-state index >= 15 is 0 Å². The van der Waals surface area contributed by atoms with Crippen LogP contribution in [0.1, 0.15) is 11.1 Å². The normalized spacial score (nSPS) is 14.7. The van der Waals surface area contributed by atoms with Crippen molar-refractivity contribution >= 4 is 45.6 Å². The number of benzene rings is 3. The standard InChI is InChI=1S/C27H21N3O5S/c31-26-25(36-27(32)29(26)14-15-35-22-12-10-21(11-13-22)30(33)34)16-20-18-28(17-19-6-2-1-3-7-19)24-9-5-4-8-23(20)24/h1-13,16,18H,14-15,17H2. The van der Waals surface area contributed by atoms with Crippen molar-refractivity contribution in [3.63, 3.8) is 0 Å². The van der Waals surface area contributed by atoms with E-state index in [1.807, 2.05) is 48.7 Å². The number of para-hydroxylation sites is 1. The molecule has 0 radical (unpaired) electrons. The second kappa shape index (κ2) is 10.1. The Balaban J connectivity index is 1.30. The van der Waals surface area contributed by atoms with E-state index in [4.69, 9.17) is 4.74 Å². The molecule has 1 aliphatic heterocycles. The Kier molecular flexibility index (Phi) is 6.55. The number of thioether (sulfide) groups is 1. The van der Waals surface area contributed by atoms with Gasteiger partial charge in [-0.1, -0.05) is 48.5 Å². The largest absolute Gasteiger partial charge is 0.492 e. The van der Waals surface area contributed by atoms with Gasteiger partial charge in [-0.2, -0.15) is 0 Å². The number of nitro benzene ring substituents is 1. The number of rotatable bonds is 8. The van der Waals surface area contributed by atoms with Crippen LogP contribution in [-0.2, 0) is 11.3 Å². The van der Waals surface area contributed by atoms with Crippen molar-refractivity contribution in [2.24, 2.45) is 0 Å². The highest BCUT2D eigenvalue weighted by atomic mass is 32.2. The summed E-state index contributed by atoms with van der Waals surface area (Å²) in [6.07, 6.45) is 3.77. The molecule has 0 saturated carbocycles. The Morgan fingerprint density at radius 3 is 2.42 bits per heavy atom. The van der Waals surface area contributed by atoms with Gasteiger partial charge in [0.15, 0.2) is 0 Å². The minimum Gasteiger partial charge on any atom is -0.492 e. The summed E-state index contributed by atoms with van der Waals surface area (Å²) in [6.45, 7) is 0.852. The van der Waals surface area contributed by atoms with Crippen molar-refractivity contribution in [3.8, 4) is 5.75 Å². The number of nitro groups is 1. The molecule has 0 bridgehead atoms. The number of ether oxygens (including phenoxy) is 1. The monoisotopic (exact) mass is 499 g/mol. The smallest absolute Gasteiger partial charge is 0.293 e. The highest BCUT2D eigenvalue weighted by Crippen LogP contribution is 2.34. The number of carbonyl (C=O) groups is 2. The molecule has 3 aromatic carbocycles. The van der Waals surface area contributed by atoms with Crippen molar-refractivity contribution < 1.29 is 19.2 Å². The summed E-state index contributed by atoms with van der Waals surface area (Å²) in [6, 6.07) is 23.7. The first-order valence-corrected chi connectivity index (χ1v) is 12.1. The lowest BCUT2D eigenvalue weighted by Gasteiger charge is -2.13. The van der Waals surface area contributed by atoms with Crippen molar-refractivity contribution in [2.45, 2.75) is 6.54 Å². The summed E-state index contributed by atoms with van der Waals surface area (Å²) in [5, 5.41) is 11.4. The molecule has 9 heteroatoms. The predicted molar refractivity (Wildman–Crippen MR) is 139 cm³/mol. The summed E-state index contributed by atoms with van der Waals surface area (Å²) in [5.41, 5.74) is 3.04. The third-order valence-electron chi connectivity index (χ3n) is 5.81. The van der Waals surface area contributed by atoms with Crippen LogP contribution in [0.3, 0.4) is 0 Å². The maximum atomic E-state index is 13.0. The molecule has 1 aliphatic rings. The number of amides is 2. The fraction of sp³-hybridized carbons (Fsp3) is 0.111. The van der Waals surface area contributed by atoms with E-state index in [-0.39, 0.29) is 30.0 Å². The third-order valence-corrected chi connectivity index (χ3v) is 6.71. The topological polar surface area (TPSA) is 94.7 Å². The Bertz CT molecular complexity index is 1480. The summed E-state index contributed by atoms with van der Waals surface area (Å²) in [5.74, 6) is 0.0616. The molecule has 1 fully saturated rings. The zero-order chi connectivity index (χ0) is 25.1. The van der Waals surface area contributed by atoms with Crippen LogP contribution in [0.15, 0.2) is 90.0 Å². The van der Waals surface area contributed by atoms with Gasteiger partial charge in [0, 0.05) is 41.3 Å². The number of non-ortho nitro benzene ring substituents is 1. The molecule has 1 saturated heterocycles. The minimum atomic E-state index is -0.491. The molecule has 0 N–H and O–H groups in total. The molecule has 1 aromatic heterocycles. The molecule has 0 atom stereocenters. The van der Waals surface area contributed by atoms with Crippen LogP contribution in [0.4, 0.5) is 10.5 Å². The second-order valence-electron chi connectivity index (χ2n) is 8.15. The average molecular weight is 500 g/mol. The number of hydrogen-bond donors (Lipinski definition) is 0. The maximum absolute atomic E-state index is 13.0. The van der Waals surface area contributed by atoms with Crippen LogP contribution in [0.25, 0.3) is 17.0 Å². The Morgan fingerprint density at radius 2 is 1.67 bits per heavy atom. The van der Waals surface area contributed by atoms with Gasteiger partial charge >= 0.3 is 0 Å². The van der Waals surface area contributed by atoms with E-state index in [0.29, 0.717) is 17.2 Å². The van der Waals surface area contributed by atoms with Gasteiger partial charge in [0.25, 0.3) is 16.8 Å². The Morgan fingerprint density at radius 1 is 0.944 bits per heavy atom. The molecule has 5 rings (SSSR count). The number of hydrogen-bond acceptors (Lipinski definition) is 6. The number of imide groups is 1. The predicted octanol–water partition coefficient (Wildman–Crippen LogP) is 5.71. The Labute approximate surface area is 210 Å². The van der Waals surface area contributed by atoms with Gasteiger partial charge < -0.3 is 9.30 Å². The molecule has 8 nitrogen and oxygen atoms in total. The SMILES string of the molecule is O=C1SC(=Cc2cn(Cc3ccccc3)c3ccccc23)C(=O)N1CCOc1ccc([N+](=O)[O-])cc1. The van der Waals surface area contributed by atoms with E-state index in [0.717, 1.165) is 38.7 Å². The van der Waals surface area contributed by atoms with Gasteiger partial charge in [-0.25, -0.2) is 0 Å². The van der Waals surface area contributed by atoms with E-state index in [1.165, 1.54) is 24.3 Å². The third kappa shape index (κ3) is 4.87. The van der Waals surface area contributed by atoms with Crippen LogP contribution in [-0.4, -0.2) is 38.7 Å². The molecule has 0 aliphatic carbocycles. The minimum absolute atomic E-state index is 0.0384. The summed E-state index contributed by atoms with van der Waals surface area (Å²) in [4.78, 5) is 37.3. The lowest BCUT2D eigenvalue weighted by Crippen LogP contribution is -2.32. The first-order valence-electron chi connectivity index (χ1n) is 11.2. The fourth-order valence-electron chi connectivity index (χ4n) is 4.05. The van der Waals surface area contributed by atoms with Gasteiger partial charge in [-0.3, -0.25) is 24.6 Å². The Hall–Kier alpha value is -4.37. The molecule has 0 spiro atoms. The van der Waals surface area contributed by atoms with E-state index in [2.05, 4.69) is 16.7 Å². The second-order valence-corrected chi connectivity index (χ2v) is 9.14. The van der Waals surface area contributed by atoms with Crippen LogP contribution in [0, 0.1) is 10.1 Å². The van der Waals surface area contributed by atoms with Crippen molar-refractivity contribution in [1.82, 2.24) is 9.47 Å². The number of nitrogens with zero attached hydrogens (tertiary/aromatic N) is 3. The summed E-state index contributed by atoms with van der Waals surface area (Å²) >= 11 is 0.909. The molecule has 2 heterocycles. The number of fused-ring (bicyclic) bond motifs is 1. The maximum Gasteiger partial charge on any atom is 0.293 e. The van der Waals surface area contributed by atoms with Gasteiger partial charge in [0.2, 0.25) is 0 Å². The first-order chi connectivity index (χ1) is 17.5. The van der Waals surface area contributed by atoms with Crippen molar-refractivity contribution in [2.75, 3.05) is 13.2 Å². The van der Waals surface area contributed by atoms with Crippen molar-refractivity contribution in [1.29, 1.82) is 0 Å². The quantitative estimate of drug-likeness (QED) is 0.175. The van der Waals surface area contributed by atoms with Crippen LogP contribution < -0.4 is 4.74 Å². The average Bonchev–Trinajstić information content (AvgIpc) is 3.36. The summed E-state index contributed by atoms with van der Waals surface area (Å²) in [7, 11) is 0. The molecule has 2 amide bonds. The fourth-order valence-corrected chi connectivity index (χ4v) is 4.91. The highest BCUT2D eigenvalue weighted by Gasteiger charge is 2.35. The molecule has 36 heavy (non-hydrogen) atoms. The first kappa shape index (κ1) is 23.4. The molecular formula is C27H21N3O5S. The molecule has 4 aromatic rings. The van der Waals surface area contributed by atoms with E-state index < -0.39 is 4.92 Å². The lowest BCUT2D eigenvalue weighted by molar-refractivity contribution is -0.384. The van der Waals surface area contributed by atoms with Gasteiger partial charge in [0.05, 0.1) is 16.4 Å². The highest BCUT2D eigenvalue weighted by molar-refractivity contribution is 8.18. The van der Waals surface area contributed by atoms with E-state index in [9.17, 15) is 19.7 Å². The van der Waals surface area contributed by atoms with Crippen LogP contribution in [0.2, 0.25) is 0 Å². The number of carbonyl (C=O) groups excluding carboxylic acids is 2. The van der Waals surface area contributed by atoms with E-state index in [1.54, 1.807) is 6.08 Å². The molecular weight excluding hydrogens is 478 g/mol. The molecule has 180 valence electrons. The van der Waals surface area contributed by atoms with Gasteiger partial charge in [-0.05, 0) is 41.6 Å².